The standard InChI is InChI=1S/C17H18ClFN2O4S/c1-21(2)26(23,24)20-17(22)13-10-14(18)16(11-15(13)19)25-9-8-12-6-4-3-5-7-12/h3-7,10-11H,8-9H2,1-2H3,(H,20,22). The first kappa shape index (κ1) is 20.2. The van der Waals surface area contributed by atoms with Gasteiger partial charge >= 0.3 is 10.2 Å². The molecule has 0 saturated heterocycles. The second-order valence-corrected chi connectivity index (χ2v) is 7.86. The predicted octanol–water partition coefficient (Wildman–Crippen LogP) is 2.64. The number of nitrogens with one attached hydrogen (secondary N) is 1. The van der Waals surface area contributed by atoms with E-state index in [0.717, 1.165) is 22.0 Å². The first-order valence-electron chi connectivity index (χ1n) is 7.61. The number of amides is 1. The molecular formula is C17H18ClFN2O4S. The summed E-state index contributed by atoms with van der Waals surface area (Å²) < 4.78 is 45.5. The smallest absolute Gasteiger partial charge is 0.303 e. The minimum atomic E-state index is -4.04. The topological polar surface area (TPSA) is 75.7 Å². The highest BCUT2D eigenvalue weighted by Crippen LogP contribution is 2.28. The van der Waals surface area contributed by atoms with Crippen LogP contribution in [0.4, 0.5) is 4.39 Å². The van der Waals surface area contributed by atoms with Gasteiger partial charge in [-0.3, -0.25) is 4.79 Å². The highest BCUT2D eigenvalue weighted by Gasteiger charge is 2.22. The molecule has 0 aliphatic rings. The van der Waals surface area contributed by atoms with Crippen LogP contribution in [0, 0.1) is 5.82 Å². The summed E-state index contributed by atoms with van der Waals surface area (Å²) in [6, 6.07) is 11.6. The number of ether oxygens (including phenoxy) is 1. The van der Waals surface area contributed by atoms with Crippen LogP contribution in [0.25, 0.3) is 0 Å². The van der Waals surface area contributed by atoms with E-state index < -0.39 is 27.5 Å². The number of halogens is 2. The Kier molecular flexibility index (Phi) is 6.57. The molecule has 0 unspecified atom stereocenters. The van der Waals surface area contributed by atoms with Crippen LogP contribution >= 0.6 is 11.6 Å². The van der Waals surface area contributed by atoms with Crippen LogP contribution in [-0.4, -0.2) is 39.3 Å². The summed E-state index contributed by atoms with van der Waals surface area (Å²) in [5, 5.41) is 0.00635. The third-order valence-corrected chi connectivity index (χ3v) is 5.16. The number of carbonyl (C=O) groups excluding carboxylic acids is 1. The third kappa shape index (κ3) is 5.17. The van der Waals surface area contributed by atoms with Crippen molar-refractivity contribution in [2.75, 3.05) is 20.7 Å². The fourth-order valence-electron chi connectivity index (χ4n) is 2.00. The molecule has 2 aromatic rings. The molecule has 2 aromatic carbocycles. The number of nitrogens with zero attached hydrogens (tertiary/aromatic N) is 1. The summed E-state index contributed by atoms with van der Waals surface area (Å²) >= 11 is 6.03. The summed E-state index contributed by atoms with van der Waals surface area (Å²) in [4.78, 5) is 12.0. The minimum absolute atomic E-state index is 0.00635. The normalized spacial score (nSPS) is 11.4. The van der Waals surface area contributed by atoms with Crippen LogP contribution in [-0.2, 0) is 16.6 Å². The van der Waals surface area contributed by atoms with Crippen LogP contribution in [0.5, 0.6) is 5.75 Å². The van der Waals surface area contributed by atoms with Crippen molar-refractivity contribution in [2.45, 2.75) is 6.42 Å². The van der Waals surface area contributed by atoms with Gasteiger partial charge in [-0.15, -0.1) is 0 Å². The Morgan fingerprint density at radius 2 is 1.88 bits per heavy atom. The highest BCUT2D eigenvalue weighted by atomic mass is 35.5. The molecule has 0 spiro atoms. The van der Waals surface area contributed by atoms with Gasteiger partial charge in [0.25, 0.3) is 5.91 Å². The van der Waals surface area contributed by atoms with E-state index in [1.165, 1.54) is 14.1 Å². The molecule has 26 heavy (non-hydrogen) atoms. The van der Waals surface area contributed by atoms with Crippen molar-refractivity contribution in [2.24, 2.45) is 0 Å². The number of benzene rings is 2. The SMILES string of the molecule is CN(C)S(=O)(=O)NC(=O)c1cc(Cl)c(OCCc2ccccc2)cc1F. The Morgan fingerprint density at radius 3 is 2.50 bits per heavy atom. The average Bonchev–Trinajstić information content (AvgIpc) is 2.58. The van der Waals surface area contributed by atoms with E-state index in [1.54, 1.807) is 4.72 Å². The third-order valence-electron chi connectivity index (χ3n) is 3.46. The summed E-state index contributed by atoms with van der Waals surface area (Å²) in [5.41, 5.74) is 0.560. The Hall–Kier alpha value is -2.16. The number of hydrogen-bond acceptors (Lipinski definition) is 4. The molecule has 0 fully saturated rings. The fraction of sp³-hybridized carbons (Fsp3) is 0.235. The van der Waals surface area contributed by atoms with E-state index in [4.69, 9.17) is 16.3 Å². The molecule has 9 heteroatoms. The second kappa shape index (κ2) is 8.48. The molecule has 0 atom stereocenters. The van der Waals surface area contributed by atoms with Gasteiger partial charge in [-0.1, -0.05) is 41.9 Å². The van der Waals surface area contributed by atoms with E-state index in [1.807, 2.05) is 30.3 Å². The van der Waals surface area contributed by atoms with Crippen molar-refractivity contribution in [3.63, 3.8) is 0 Å². The van der Waals surface area contributed by atoms with Crippen molar-refractivity contribution >= 4 is 27.7 Å². The number of rotatable bonds is 7. The van der Waals surface area contributed by atoms with Crippen LogP contribution in [0.15, 0.2) is 42.5 Å². The summed E-state index contributed by atoms with van der Waals surface area (Å²) in [7, 11) is -1.56. The van der Waals surface area contributed by atoms with Gasteiger partial charge in [0.15, 0.2) is 0 Å². The molecule has 1 N–H and O–H groups in total. The Morgan fingerprint density at radius 1 is 1.23 bits per heavy atom. The predicted molar refractivity (Wildman–Crippen MR) is 97.1 cm³/mol. The zero-order chi connectivity index (χ0) is 19.3. The Bertz CT molecular complexity index is 889. The van der Waals surface area contributed by atoms with Crippen molar-refractivity contribution in [1.82, 2.24) is 9.03 Å². The largest absolute Gasteiger partial charge is 0.492 e. The molecule has 0 bridgehead atoms. The van der Waals surface area contributed by atoms with Gasteiger partial charge in [0, 0.05) is 26.6 Å². The number of hydrogen-bond donors (Lipinski definition) is 1. The molecule has 0 aliphatic heterocycles. The van der Waals surface area contributed by atoms with E-state index in [9.17, 15) is 17.6 Å². The van der Waals surface area contributed by atoms with Crippen LogP contribution in [0.1, 0.15) is 15.9 Å². The Balaban J connectivity index is 2.08. The lowest BCUT2D eigenvalue weighted by Crippen LogP contribution is -2.39. The van der Waals surface area contributed by atoms with Gasteiger partial charge in [-0.25, -0.2) is 9.11 Å². The van der Waals surface area contributed by atoms with Crippen molar-refractivity contribution in [1.29, 1.82) is 0 Å². The lowest BCUT2D eigenvalue weighted by Gasteiger charge is -2.14. The number of carbonyl (C=O) groups is 1. The summed E-state index contributed by atoms with van der Waals surface area (Å²) in [6.07, 6.45) is 0.599. The summed E-state index contributed by atoms with van der Waals surface area (Å²) in [5.74, 6) is -1.98. The van der Waals surface area contributed by atoms with E-state index in [0.29, 0.717) is 6.42 Å². The van der Waals surface area contributed by atoms with Gasteiger partial charge < -0.3 is 4.74 Å². The van der Waals surface area contributed by atoms with Gasteiger partial charge in [-0.2, -0.15) is 12.7 Å². The molecular weight excluding hydrogens is 383 g/mol. The van der Waals surface area contributed by atoms with E-state index >= 15 is 0 Å². The maximum atomic E-state index is 14.2. The fourth-order valence-corrected chi connectivity index (χ4v) is 2.75. The molecule has 0 aliphatic carbocycles. The lowest BCUT2D eigenvalue weighted by atomic mass is 10.1. The lowest BCUT2D eigenvalue weighted by molar-refractivity contribution is 0.0975. The molecule has 0 radical (unpaired) electrons. The molecule has 2 rings (SSSR count). The van der Waals surface area contributed by atoms with Crippen molar-refractivity contribution in [3.05, 3.63) is 64.4 Å². The van der Waals surface area contributed by atoms with Gasteiger partial charge in [0.05, 0.1) is 17.2 Å². The summed E-state index contributed by atoms with van der Waals surface area (Å²) in [6.45, 7) is 0.268. The van der Waals surface area contributed by atoms with Crippen molar-refractivity contribution < 1.29 is 22.3 Å². The zero-order valence-electron chi connectivity index (χ0n) is 14.2. The maximum Gasteiger partial charge on any atom is 0.303 e. The van der Waals surface area contributed by atoms with Gasteiger partial charge in [0.2, 0.25) is 0 Å². The monoisotopic (exact) mass is 400 g/mol. The molecule has 6 nitrogen and oxygen atoms in total. The molecule has 0 aromatic heterocycles. The van der Waals surface area contributed by atoms with E-state index in [2.05, 4.69) is 0 Å². The van der Waals surface area contributed by atoms with Crippen LogP contribution in [0.3, 0.4) is 0 Å². The van der Waals surface area contributed by atoms with Crippen LogP contribution in [0.2, 0.25) is 5.02 Å². The van der Waals surface area contributed by atoms with Crippen LogP contribution < -0.4 is 9.46 Å². The van der Waals surface area contributed by atoms with Gasteiger partial charge in [0.1, 0.15) is 11.6 Å². The molecule has 140 valence electrons. The first-order chi connectivity index (χ1) is 12.2. The van der Waals surface area contributed by atoms with Crippen molar-refractivity contribution in [3.8, 4) is 5.75 Å². The average molecular weight is 401 g/mol. The maximum absolute atomic E-state index is 14.2. The zero-order valence-corrected chi connectivity index (χ0v) is 15.8. The highest BCUT2D eigenvalue weighted by molar-refractivity contribution is 7.87. The molecule has 1 amide bonds. The molecule has 0 heterocycles. The first-order valence-corrected chi connectivity index (χ1v) is 9.43. The Labute approximate surface area is 156 Å². The van der Waals surface area contributed by atoms with Gasteiger partial charge in [-0.05, 0) is 11.6 Å². The molecule has 0 saturated carbocycles. The quantitative estimate of drug-likeness (QED) is 0.775. The minimum Gasteiger partial charge on any atom is -0.492 e. The van der Waals surface area contributed by atoms with E-state index in [-0.39, 0.29) is 17.4 Å². The second-order valence-electron chi connectivity index (χ2n) is 5.57.